The SMILES string of the molecule is CN(C)CC(Nc1cc(F)c(SNc2nccs2)cc1Cl)c1ccccc1. The number of aromatic nitrogens is 1. The van der Waals surface area contributed by atoms with E-state index in [1.54, 1.807) is 12.3 Å². The Morgan fingerprint density at radius 2 is 2.04 bits per heavy atom. The van der Waals surface area contributed by atoms with E-state index in [0.29, 0.717) is 20.7 Å². The lowest BCUT2D eigenvalue weighted by Crippen LogP contribution is -2.25. The number of likely N-dealkylation sites (N-methyl/N-ethyl adjacent to an activating group) is 1. The Balaban J connectivity index is 1.77. The van der Waals surface area contributed by atoms with Gasteiger partial charge in [0, 0.05) is 18.1 Å². The van der Waals surface area contributed by atoms with Gasteiger partial charge in [-0.05, 0) is 43.7 Å². The molecule has 0 saturated heterocycles. The molecule has 0 aliphatic carbocycles. The van der Waals surface area contributed by atoms with Gasteiger partial charge < -0.3 is 14.9 Å². The summed E-state index contributed by atoms with van der Waals surface area (Å²) in [5.74, 6) is -0.340. The van der Waals surface area contributed by atoms with Crippen molar-refractivity contribution in [3.8, 4) is 0 Å². The summed E-state index contributed by atoms with van der Waals surface area (Å²) in [7, 11) is 4.01. The highest BCUT2D eigenvalue weighted by molar-refractivity contribution is 8.00. The third-order valence-corrected chi connectivity index (χ3v) is 5.74. The van der Waals surface area contributed by atoms with Gasteiger partial charge in [0.2, 0.25) is 0 Å². The number of thiazole rings is 1. The van der Waals surface area contributed by atoms with Crippen molar-refractivity contribution in [1.29, 1.82) is 0 Å². The molecule has 0 saturated carbocycles. The lowest BCUT2D eigenvalue weighted by molar-refractivity contribution is 0.387. The molecule has 27 heavy (non-hydrogen) atoms. The van der Waals surface area contributed by atoms with Crippen LogP contribution in [-0.4, -0.2) is 30.5 Å². The molecule has 3 aromatic rings. The van der Waals surface area contributed by atoms with E-state index in [-0.39, 0.29) is 11.9 Å². The second-order valence-corrected chi connectivity index (χ2v) is 8.32. The third-order valence-electron chi connectivity index (χ3n) is 3.78. The van der Waals surface area contributed by atoms with E-state index in [2.05, 4.69) is 19.9 Å². The quantitative estimate of drug-likeness (QED) is 0.451. The normalized spacial score (nSPS) is 12.2. The molecule has 2 aromatic carbocycles. The highest BCUT2D eigenvalue weighted by Gasteiger charge is 2.16. The Labute approximate surface area is 171 Å². The maximum atomic E-state index is 14.6. The van der Waals surface area contributed by atoms with Gasteiger partial charge in [0.25, 0.3) is 0 Å². The maximum absolute atomic E-state index is 14.6. The van der Waals surface area contributed by atoms with E-state index in [0.717, 1.165) is 24.1 Å². The largest absolute Gasteiger partial charge is 0.376 e. The van der Waals surface area contributed by atoms with Gasteiger partial charge in [-0.15, -0.1) is 11.3 Å². The van der Waals surface area contributed by atoms with Gasteiger partial charge in [-0.25, -0.2) is 9.37 Å². The van der Waals surface area contributed by atoms with Gasteiger partial charge >= 0.3 is 0 Å². The van der Waals surface area contributed by atoms with Crippen LogP contribution >= 0.6 is 34.9 Å². The van der Waals surface area contributed by atoms with Crippen LogP contribution in [0.5, 0.6) is 0 Å². The first-order valence-corrected chi connectivity index (χ1v) is 10.4. The molecule has 0 bridgehead atoms. The van der Waals surface area contributed by atoms with Gasteiger partial charge in [0.15, 0.2) is 5.13 Å². The van der Waals surface area contributed by atoms with Crippen molar-refractivity contribution in [2.75, 3.05) is 30.7 Å². The number of rotatable bonds is 8. The van der Waals surface area contributed by atoms with Gasteiger partial charge in [-0.1, -0.05) is 41.9 Å². The summed E-state index contributed by atoms with van der Waals surface area (Å²) in [5.41, 5.74) is 1.69. The zero-order chi connectivity index (χ0) is 19.2. The van der Waals surface area contributed by atoms with E-state index in [4.69, 9.17) is 11.6 Å². The summed E-state index contributed by atoms with van der Waals surface area (Å²) in [4.78, 5) is 6.62. The summed E-state index contributed by atoms with van der Waals surface area (Å²) in [6, 6.07) is 13.1. The maximum Gasteiger partial charge on any atom is 0.192 e. The van der Waals surface area contributed by atoms with Crippen LogP contribution in [0.3, 0.4) is 0 Å². The first kappa shape index (κ1) is 19.9. The molecular formula is C19H20ClFN4S2. The van der Waals surface area contributed by atoms with Gasteiger partial charge in [0.05, 0.1) is 21.6 Å². The fraction of sp³-hybridized carbons (Fsp3) is 0.211. The number of nitrogens with one attached hydrogen (secondary N) is 2. The average molecular weight is 423 g/mol. The molecule has 1 heterocycles. The summed E-state index contributed by atoms with van der Waals surface area (Å²) in [6.45, 7) is 0.754. The summed E-state index contributed by atoms with van der Waals surface area (Å²) in [6.07, 6.45) is 1.69. The molecule has 0 spiro atoms. The monoisotopic (exact) mass is 422 g/mol. The molecule has 3 rings (SSSR count). The predicted molar refractivity (Wildman–Crippen MR) is 114 cm³/mol. The highest BCUT2D eigenvalue weighted by atomic mass is 35.5. The van der Waals surface area contributed by atoms with E-state index in [1.165, 1.54) is 17.4 Å². The van der Waals surface area contributed by atoms with Crippen molar-refractivity contribution in [2.45, 2.75) is 10.9 Å². The van der Waals surface area contributed by atoms with Crippen LogP contribution in [0.25, 0.3) is 0 Å². The van der Waals surface area contributed by atoms with Crippen LogP contribution in [0.1, 0.15) is 11.6 Å². The Morgan fingerprint density at radius 1 is 1.26 bits per heavy atom. The van der Waals surface area contributed by atoms with Gasteiger partial charge in [0.1, 0.15) is 5.82 Å². The Bertz CT molecular complexity index is 860. The van der Waals surface area contributed by atoms with Crippen LogP contribution in [0.2, 0.25) is 5.02 Å². The minimum Gasteiger partial charge on any atom is -0.376 e. The summed E-state index contributed by atoms with van der Waals surface area (Å²) < 4.78 is 17.6. The topological polar surface area (TPSA) is 40.2 Å². The summed E-state index contributed by atoms with van der Waals surface area (Å²) >= 11 is 9.04. The summed E-state index contributed by atoms with van der Waals surface area (Å²) in [5, 5.41) is 6.42. The molecule has 8 heteroatoms. The lowest BCUT2D eigenvalue weighted by Gasteiger charge is -2.24. The average Bonchev–Trinajstić information content (AvgIpc) is 3.16. The molecule has 1 unspecified atom stereocenters. The fourth-order valence-electron chi connectivity index (χ4n) is 2.56. The number of hydrogen-bond acceptors (Lipinski definition) is 6. The van der Waals surface area contributed by atoms with Crippen molar-refractivity contribution in [3.05, 3.63) is 70.4 Å². The molecule has 1 aromatic heterocycles. The molecule has 2 N–H and O–H groups in total. The minimum atomic E-state index is -0.340. The molecule has 4 nitrogen and oxygen atoms in total. The van der Waals surface area contributed by atoms with E-state index < -0.39 is 0 Å². The second-order valence-electron chi connectivity index (χ2n) is 6.17. The Morgan fingerprint density at radius 3 is 2.70 bits per heavy atom. The van der Waals surface area contributed by atoms with E-state index in [9.17, 15) is 4.39 Å². The molecule has 142 valence electrons. The second kappa shape index (κ2) is 9.41. The zero-order valence-electron chi connectivity index (χ0n) is 14.9. The predicted octanol–water partition coefficient (Wildman–Crippen LogP) is 5.77. The molecule has 0 radical (unpaired) electrons. The van der Waals surface area contributed by atoms with Crippen LogP contribution < -0.4 is 10.0 Å². The van der Waals surface area contributed by atoms with Gasteiger partial charge in [-0.2, -0.15) is 0 Å². The first-order valence-electron chi connectivity index (χ1n) is 8.30. The lowest BCUT2D eigenvalue weighted by atomic mass is 10.1. The minimum absolute atomic E-state index is 0.00922. The zero-order valence-corrected chi connectivity index (χ0v) is 17.3. The number of hydrogen-bond donors (Lipinski definition) is 2. The Kier molecular flexibility index (Phi) is 6.95. The molecular weight excluding hydrogens is 403 g/mol. The third kappa shape index (κ3) is 5.59. The van der Waals surface area contributed by atoms with Crippen molar-refractivity contribution in [2.24, 2.45) is 0 Å². The fourth-order valence-corrected chi connectivity index (χ4v) is 4.12. The van der Waals surface area contributed by atoms with Crippen LogP contribution in [-0.2, 0) is 0 Å². The number of nitrogens with zero attached hydrogens (tertiary/aromatic N) is 2. The molecule has 1 atom stereocenters. The molecule has 0 fully saturated rings. The van der Waals surface area contributed by atoms with Crippen LogP contribution in [0.15, 0.2) is 58.9 Å². The highest BCUT2D eigenvalue weighted by Crippen LogP contribution is 2.34. The van der Waals surface area contributed by atoms with E-state index in [1.807, 2.05) is 49.8 Å². The van der Waals surface area contributed by atoms with Crippen molar-refractivity contribution in [1.82, 2.24) is 9.88 Å². The van der Waals surface area contributed by atoms with Crippen LogP contribution in [0.4, 0.5) is 15.2 Å². The first-order chi connectivity index (χ1) is 13.0. The molecule has 0 aliphatic rings. The smallest absolute Gasteiger partial charge is 0.192 e. The van der Waals surface area contributed by atoms with Crippen molar-refractivity contribution >= 4 is 45.7 Å². The van der Waals surface area contributed by atoms with E-state index >= 15 is 0 Å². The number of anilines is 2. The molecule has 0 amide bonds. The Hall–Kier alpha value is -1.80. The van der Waals surface area contributed by atoms with Crippen LogP contribution in [0, 0.1) is 5.82 Å². The standard InChI is InChI=1S/C19H20ClFN4S2/c1-25(2)12-17(13-6-4-3-5-7-13)23-16-11-15(21)18(10-14(16)20)27-24-19-22-8-9-26-19/h3-11,17,23H,12H2,1-2H3,(H,22,24). The number of halogens is 2. The van der Waals surface area contributed by atoms with Crippen molar-refractivity contribution in [3.63, 3.8) is 0 Å². The van der Waals surface area contributed by atoms with Gasteiger partial charge in [-0.3, -0.25) is 0 Å². The molecule has 0 aliphatic heterocycles. The number of benzene rings is 2. The van der Waals surface area contributed by atoms with Crippen molar-refractivity contribution < 1.29 is 4.39 Å².